The van der Waals surface area contributed by atoms with Gasteiger partial charge in [-0.1, -0.05) is 35.9 Å². The van der Waals surface area contributed by atoms with E-state index in [0.717, 1.165) is 11.1 Å². The molecular weight excluding hydrogens is 380 g/mol. The monoisotopic (exact) mass is 400 g/mol. The average molecular weight is 401 g/mol. The third kappa shape index (κ3) is 4.64. The maximum absolute atomic E-state index is 12.4. The predicted molar refractivity (Wildman–Crippen MR) is 106 cm³/mol. The molecule has 0 aliphatic carbocycles. The molecule has 0 aromatic heterocycles. The highest BCUT2D eigenvalue weighted by molar-refractivity contribution is 6.30. The first-order valence-corrected chi connectivity index (χ1v) is 9.28. The second-order valence-electron chi connectivity index (χ2n) is 6.28. The number of carbonyl (C=O) groups is 2. The number of carbonyl (C=O) groups excluding carboxylic acids is 2. The number of rotatable bonds is 6. The molecule has 7 heteroatoms. The van der Waals surface area contributed by atoms with Crippen LogP contribution in [0.3, 0.4) is 0 Å². The third-order valence-electron chi connectivity index (χ3n) is 4.27. The summed E-state index contributed by atoms with van der Waals surface area (Å²) in [6.45, 7) is 4.04. The van der Waals surface area contributed by atoms with Crippen molar-refractivity contribution < 1.29 is 19.1 Å². The number of amides is 2. The van der Waals surface area contributed by atoms with Crippen molar-refractivity contribution in [2.24, 2.45) is 0 Å². The van der Waals surface area contributed by atoms with E-state index in [4.69, 9.17) is 21.1 Å². The van der Waals surface area contributed by atoms with E-state index in [2.05, 4.69) is 10.6 Å². The van der Waals surface area contributed by atoms with Gasteiger partial charge in [-0.3, -0.25) is 0 Å². The highest BCUT2D eigenvalue weighted by atomic mass is 35.5. The fraction of sp³-hybridized carbons (Fsp3) is 0.238. The van der Waals surface area contributed by atoms with Gasteiger partial charge in [-0.2, -0.15) is 0 Å². The Morgan fingerprint density at radius 2 is 1.93 bits per heavy atom. The second kappa shape index (κ2) is 8.80. The Labute approximate surface area is 168 Å². The molecule has 0 saturated carbocycles. The fourth-order valence-electron chi connectivity index (χ4n) is 2.95. The minimum atomic E-state index is -0.619. The fourth-order valence-corrected chi connectivity index (χ4v) is 3.08. The molecule has 2 amide bonds. The van der Waals surface area contributed by atoms with Crippen molar-refractivity contribution in [1.29, 1.82) is 0 Å². The molecule has 0 radical (unpaired) electrons. The maximum Gasteiger partial charge on any atom is 0.338 e. The number of nitrogens with one attached hydrogen (secondary N) is 2. The lowest BCUT2D eigenvalue weighted by Crippen LogP contribution is -2.45. The van der Waals surface area contributed by atoms with E-state index in [1.54, 1.807) is 32.0 Å². The van der Waals surface area contributed by atoms with Crippen LogP contribution in [0.2, 0.25) is 5.02 Å². The first-order valence-electron chi connectivity index (χ1n) is 8.90. The minimum absolute atomic E-state index is 0.251. The summed E-state index contributed by atoms with van der Waals surface area (Å²) in [4.78, 5) is 24.4. The molecule has 0 fully saturated rings. The van der Waals surface area contributed by atoms with Crippen LogP contribution in [0.4, 0.5) is 4.79 Å². The van der Waals surface area contributed by atoms with E-state index in [9.17, 15) is 9.59 Å². The van der Waals surface area contributed by atoms with Gasteiger partial charge in [0.05, 0.1) is 18.2 Å². The molecule has 0 saturated heterocycles. The van der Waals surface area contributed by atoms with Crippen LogP contribution in [0.5, 0.6) is 5.75 Å². The number of allylic oxidation sites excluding steroid dienone is 1. The topological polar surface area (TPSA) is 76.7 Å². The molecule has 1 unspecified atom stereocenters. The Morgan fingerprint density at radius 3 is 2.64 bits per heavy atom. The number of benzene rings is 2. The Kier molecular flexibility index (Phi) is 6.21. The van der Waals surface area contributed by atoms with Crippen molar-refractivity contribution in [1.82, 2.24) is 10.6 Å². The summed E-state index contributed by atoms with van der Waals surface area (Å²) < 4.78 is 11.0. The van der Waals surface area contributed by atoms with Crippen molar-refractivity contribution in [2.45, 2.75) is 26.5 Å². The number of hydrogen-bond donors (Lipinski definition) is 2. The zero-order chi connectivity index (χ0) is 20.1. The third-order valence-corrected chi connectivity index (χ3v) is 4.53. The quantitative estimate of drug-likeness (QED) is 0.715. The predicted octanol–water partition coefficient (Wildman–Crippen LogP) is 4.11. The van der Waals surface area contributed by atoms with Crippen molar-refractivity contribution in [3.63, 3.8) is 0 Å². The normalized spacial score (nSPS) is 16.2. The summed E-state index contributed by atoms with van der Waals surface area (Å²) in [7, 11) is 0. The zero-order valence-electron chi connectivity index (χ0n) is 15.6. The van der Waals surface area contributed by atoms with Crippen LogP contribution in [0, 0.1) is 0 Å². The zero-order valence-corrected chi connectivity index (χ0v) is 16.4. The molecule has 6 nitrogen and oxygen atoms in total. The van der Waals surface area contributed by atoms with Crippen LogP contribution in [0.25, 0.3) is 0 Å². The summed E-state index contributed by atoms with van der Waals surface area (Å²) >= 11 is 5.90. The van der Waals surface area contributed by atoms with Gasteiger partial charge in [0.25, 0.3) is 0 Å². The summed E-state index contributed by atoms with van der Waals surface area (Å²) in [5.74, 6) is 0.158. The van der Waals surface area contributed by atoms with Gasteiger partial charge in [0.15, 0.2) is 0 Å². The molecule has 146 valence electrons. The Morgan fingerprint density at radius 1 is 1.18 bits per heavy atom. The Bertz CT molecular complexity index is 909. The first kappa shape index (κ1) is 19.8. The average Bonchev–Trinajstić information content (AvgIpc) is 2.67. The molecule has 0 bridgehead atoms. The van der Waals surface area contributed by atoms with E-state index in [-0.39, 0.29) is 12.6 Å². The highest BCUT2D eigenvalue weighted by Gasteiger charge is 2.32. The van der Waals surface area contributed by atoms with Gasteiger partial charge in [-0.25, -0.2) is 9.59 Å². The summed E-state index contributed by atoms with van der Waals surface area (Å²) in [5.41, 5.74) is 2.55. The molecule has 2 aromatic rings. The lowest BCUT2D eigenvalue weighted by molar-refractivity contribution is -0.139. The number of ether oxygens (including phenoxy) is 2. The van der Waals surface area contributed by atoms with Gasteiger partial charge in [0.2, 0.25) is 0 Å². The van der Waals surface area contributed by atoms with E-state index >= 15 is 0 Å². The van der Waals surface area contributed by atoms with Gasteiger partial charge < -0.3 is 20.1 Å². The van der Waals surface area contributed by atoms with Crippen LogP contribution < -0.4 is 15.4 Å². The molecule has 28 heavy (non-hydrogen) atoms. The molecule has 1 aliphatic rings. The standard InChI is InChI=1S/C21H21ClN2O4/c1-3-27-20(25)18-13(2)23-21(26)24-19(18)15-5-4-6-17(11-15)28-12-14-7-9-16(22)10-8-14/h4-11,19H,3,12H2,1-2H3,(H2,23,24,26). The van der Waals surface area contributed by atoms with Crippen LogP contribution in [-0.2, 0) is 16.1 Å². The molecule has 2 N–H and O–H groups in total. The molecule has 1 aliphatic heterocycles. The van der Waals surface area contributed by atoms with E-state index in [1.165, 1.54) is 0 Å². The largest absolute Gasteiger partial charge is 0.489 e. The van der Waals surface area contributed by atoms with Crippen LogP contribution in [-0.4, -0.2) is 18.6 Å². The lowest BCUT2D eigenvalue weighted by Gasteiger charge is -2.28. The van der Waals surface area contributed by atoms with Crippen molar-refractivity contribution in [2.75, 3.05) is 6.61 Å². The molecule has 1 heterocycles. The number of urea groups is 1. The summed E-state index contributed by atoms with van der Waals surface area (Å²) in [6, 6.07) is 13.7. The number of esters is 1. The van der Waals surface area contributed by atoms with Crippen molar-refractivity contribution in [3.05, 3.63) is 76.0 Å². The van der Waals surface area contributed by atoms with E-state index in [1.807, 2.05) is 30.3 Å². The Hall–Kier alpha value is -2.99. The van der Waals surface area contributed by atoms with E-state index < -0.39 is 12.0 Å². The van der Waals surface area contributed by atoms with Gasteiger partial charge in [-0.15, -0.1) is 0 Å². The molecule has 3 rings (SSSR count). The lowest BCUT2D eigenvalue weighted by atomic mass is 9.95. The minimum Gasteiger partial charge on any atom is -0.489 e. The molecule has 2 aromatic carbocycles. The summed E-state index contributed by atoms with van der Waals surface area (Å²) in [5, 5.41) is 6.07. The van der Waals surface area contributed by atoms with Gasteiger partial charge in [0.1, 0.15) is 12.4 Å². The first-order chi connectivity index (χ1) is 13.5. The smallest absolute Gasteiger partial charge is 0.338 e. The molecule has 0 spiro atoms. The molecule has 1 atom stereocenters. The van der Waals surface area contributed by atoms with Crippen LogP contribution in [0.15, 0.2) is 59.8 Å². The van der Waals surface area contributed by atoms with Crippen LogP contribution in [0.1, 0.15) is 31.0 Å². The second-order valence-corrected chi connectivity index (χ2v) is 6.71. The van der Waals surface area contributed by atoms with E-state index in [0.29, 0.717) is 28.6 Å². The molecular formula is C21H21ClN2O4. The summed E-state index contributed by atoms with van der Waals surface area (Å²) in [6.07, 6.45) is 0. The van der Waals surface area contributed by atoms with Gasteiger partial charge in [-0.05, 0) is 49.2 Å². The van der Waals surface area contributed by atoms with Crippen molar-refractivity contribution >= 4 is 23.6 Å². The van der Waals surface area contributed by atoms with Gasteiger partial charge in [0, 0.05) is 10.7 Å². The maximum atomic E-state index is 12.4. The number of halogens is 1. The van der Waals surface area contributed by atoms with Crippen LogP contribution >= 0.6 is 11.6 Å². The highest BCUT2D eigenvalue weighted by Crippen LogP contribution is 2.30. The Balaban J connectivity index is 1.82. The van der Waals surface area contributed by atoms with Crippen molar-refractivity contribution in [3.8, 4) is 5.75 Å². The SMILES string of the molecule is CCOC(=O)C1=C(C)NC(=O)NC1c1cccc(OCc2ccc(Cl)cc2)c1. The number of hydrogen-bond acceptors (Lipinski definition) is 4. The van der Waals surface area contributed by atoms with Gasteiger partial charge >= 0.3 is 12.0 Å².